The first-order chi connectivity index (χ1) is 14.4. The highest BCUT2D eigenvalue weighted by Gasteiger charge is 2.24. The summed E-state index contributed by atoms with van der Waals surface area (Å²) in [7, 11) is 0. The quantitative estimate of drug-likeness (QED) is 0.449. The molecule has 0 aliphatic carbocycles. The topological polar surface area (TPSA) is 59.9 Å². The molecule has 0 aromatic heterocycles. The van der Waals surface area contributed by atoms with Crippen molar-refractivity contribution in [2.24, 2.45) is 4.99 Å². The number of carbonyl (C=O) groups is 1. The second kappa shape index (κ2) is 9.94. The van der Waals surface area contributed by atoms with Crippen LogP contribution < -0.4 is 14.8 Å². The monoisotopic (exact) mass is 460 g/mol. The molecule has 1 saturated heterocycles. The van der Waals surface area contributed by atoms with Gasteiger partial charge in [-0.05, 0) is 67.1 Å². The fraction of sp³-hybridized carbons (Fsp3) is 0.182. The smallest absolute Gasteiger partial charge is 0.264 e. The Kier molecular flexibility index (Phi) is 7.33. The molecule has 1 heterocycles. The van der Waals surface area contributed by atoms with E-state index in [1.165, 1.54) is 11.8 Å². The number of benzene rings is 2. The second-order valence-electron chi connectivity index (χ2n) is 6.17. The Hall–Kier alpha value is -2.59. The Morgan fingerprint density at radius 2 is 2.03 bits per heavy atom. The van der Waals surface area contributed by atoms with Crippen LogP contribution in [0.4, 0.5) is 5.69 Å². The van der Waals surface area contributed by atoms with Crippen molar-refractivity contribution in [2.75, 3.05) is 13.2 Å². The maximum Gasteiger partial charge on any atom is 0.264 e. The van der Waals surface area contributed by atoms with Gasteiger partial charge in [-0.2, -0.15) is 0 Å². The van der Waals surface area contributed by atoms with Gasteiger partial charge in [-0.15, -0.1) is 6.42 Å². The van der Waals surface area contributed by atoms with Gasteiger partial charge in [-0.1, -0.05) is 35.2 Å². The third-order valence-electron chi connectivity index (χ3n) is 3.97. The summed E-state index contributed by atoms with van der Waals surface area (Å²) in [5, 5.41) is 4.18. The van der Waals surface area contributed by atoms with Crippen molar-refractivity contribution in [3.63, 3.8) is 0 Å². The highest BCUT2D eigenvalue weighted by molar-refractivity contribution is 8.18. The van der Waals surface area contributed by atoms with E-state index in [-0.39, 0.29) is 12.5 Å². The van der Waals surface area contributed by atoms with E-state index in [1.54, 1.807) is 24.3 Å². The maximum atomic E-state index is 12.4. The van der Waals surface area contributed by atoms with Crippen LogP contribution in [0.5, 0.6) is 11.5 Å². The molecule has 1 aliphatic heterocycles. The van der Waals surface area contributed by atoms with Gasteiger partial charge in [-0.25, -0.2) is 4.99 Å². The number of halogens is 2. The molecule has 0 radical (unpaired) electrons. The zero-order valence-electron chi connectivity index (χ0n) is 16.3. The Balaban J connectivity index is 1.87. The first kappa shape index (κ1) is 22.1. The van der Waals surface area contributed by atoms with E-state index >= 15 is 0 Å². The minimum absolute atomic E-state index is 0.0708. The molecular formula is C22H18Cl2N2O3S. The first-order valence-electron chi connectivity index (χ1n) is 8.99. The van der Waals surface area contributed by atoms with Gasteiger partial charge in [0.1, 0.15) is 6.61 Å². The fourth-order valence-electron chi connectivity index (χ4n) is 2.59. The normalized spacial score (nSPS) is 15.9. The van der Waals surface area contributed by atoms with Crippen LogP contribution in [0.15, 0.2) is 40.2 Å². The van der Waals surface area contributed by atoms with E-state index in [4.69, 9.17) is 39.1 Å². The lowest BCUT2D eigenvalue weighted by Crippen LogP contribution is -2.19. The molecule has 0 atom stereocenters. The summed E-state index contributed by atoms with van der Waals surface area (Å²) >= 11 is 13.7. The van der Waals surface area contributed by atoms with Crippen molar-refractivity contribution >= 4 is 57.8 Å². The van der Waals surface area contributed by atoms with E-state index in [0.717, 1.165) is 5.56 Å². The van der Waals surface area contributed by atoms with Crippen LogP contribution in [0.2, 0.25) is 10.0 Å². The van der Waals surface area contributed by atoms with Gasteiger partial charge in [-0.3, -0.25) is 4.79 Å². The van der Waals surface area contributed by atoms with Gasteiger partial charge < -0.3 is 14.8 Å². The minimum atomic E-state index is -0.251. The number of thioether (sulfide) groups is 1. The average Bonchev–Trinajstić information content (AvgIpc) is 3.03. The third kappa shape index (κ3) is 5.31. The molecule has 1 aliphatic rings. The Morgan fingerprint density at radius 3 is 2.73 bits per heavy atom. The molecule has 0 spiro atoms. The van der Waals surface area contributed by atoms with Crippen molar-refractivity contribution in [3.05, 3.63) is 56.4 Å². The summed E-state index contributed by atoms with van der Waals surface area (Å²) in [6.07, 6.45) is 6.97. The van der Waals surface area contributed by atoms with Crippen LogP contribution in [0.25, 0.3) is 6.08 Å². The van der Waals surface area contributed by atoms with Crippen molar-refractivity contribution < 1.29 is 14.3 Å². The molecule has 3 rings (SSSR count). The highest BCUT2D eigenvalue weighted by Crippen LogP contribution is 2.38. The predicted octanol–water partition coefficient (Wildman–Crippen LogP) is 5.60. The number of hydrogen-bond donors (Lipinski definition) is 1. The number of terminal acetylenes is 1. The van der Waals surface area contributed by atoms with Gasteiger partial charge in [0, 0.05) is 5.02 Å². The van der Waals surface area contributed by atoms with E-state index < -0.39 is 0 Å². The number of nitrogens with one attached hydrogen (secondary N) is 1. The van der Waals surface area contributed by atoms with Crippen LogP contribution in [0.3, 0.4) is 0 Å². The third-order valence-corrected chi connectivity index (χ3v) is 5.56. The molecule has 30 heavy (non-hydrogen) atoms. The van der Waals surface area contributed by atoms with E-state index in [2.05, 4.69) is 16.2 Å². The zero-order valence-corrected chi connectivity index (χ0v) is 18.6. The highest BCUT2D eigenvalue weighted by atomic mass is 35.5. The number of aryl methyl sites for hydroxylation is 1. The molecule has 8 heteroatoms. The van der Waals surface area contributed by atoms with Crippen LogP contribution in [-0.2, 0) is 4.79 Å². The van der Waals surface area contributed by atoms with E-state index in [1.807, 2.05) is 26.0 Å². The summed E-state index contributed by atoms with van der Waals surface area (Å²) in [5.74, 6) is 2.98. The predicted molar refractivity (Wildman–Crippen MR) is 124 cm³/mol. The van der Waals surface area contributed by atoms with Gasteiger partial charge in [0.25, 0.3) is 5.91 Å². The number of rotatable bonds is 6. The number of amidine groups is 1. The summed E-state index contributed by atoms with van der Waals surface area (Å²) in [6, 6.07) is 8.90. The van der Waals surface area contributed by atoms with E-state index in [0.29, 0.717) is 49.5 Å². The largest absolute Gasteiger partial charge is 0.490 e. The van der Waals surface area contributed by atoms with Gasteiger partial charge >= 0.3 is 0 Å². The van der Waals surface area contributed by atoms with Gasteiger partial charge in [0.15, 0.2) is 16.7 Å². The molecule has 0 saturated carbocycles. The number of ether oxygens (including phenoxy) is 2. The minimum Gasteiger partial charge on any atom is -0.490 e. The van der Waals surface area contributed by atoms with Crippen molar-refractivity contribution in [1.82, 2.24) is 5.32 Å². The maximum absolute atomic E-state index is 12.4. The summed E-state index contributed by atoms with van der Waals surface area (Å²) in [5.41, 5.74) is 2.31. The van der Waals surface area contributed by atoms with Crippen LogP contribution in [0, 0.1) is 19.3 Å². The Labute approximate surface area is 189 Å². The van der Waals surface area contributed by atoms with Crippen molar-refractivity contribution in [3.8, 4) is 23.8 Å². The molecule has 154 valence electrons. The fourth-order valence-corrected chi connectivity index (χ4v) is 3.88. The summed E-state index contributed by atoms with van der Waals surface area (Å²) in [4.78, 5) is 17.3. The SMILES string of the molecule is C#CCOc1c(Cl)cc(/C=C2\SC(=Nc3ccc(C)c(Cl)c3)NC2=O)cc1OCC. The number of carbonyl (C=O) groups excluding carboxylic acids is 1. The Morgan fingerprint density at radius 1 is 1.23 bits per heavy atom. The van der Waals surface area contributed by atoms with Crippen LogP contribution >= 0.6 is 35.0 Å². The molecule has 2 aromatic rings. The number of amides is 1. The number of nitrogens with zero attached hydrogens (tertiary/aromatic N) is 1. The Bertz CT molecular complexity index is 1090. The van der Waals surface area contributed by atoms with Crippen molar-refractivity contribution in [2.45, 2.75) is 13.8 Å². The summed E-state index contributed by atoms with van der Waals surface area (Å²) < 4.78 is 11.1. The molecule has 0 bridgehead atoms. The zero-order chi connectivity index (χ0) is 21.7. The van der Waals surface area contributed by atoms with E-state index in [9.17, 15) is 4.79 Å². The van der Waals surface area contributed by atoms with Crippen LogP contribution in [-0.4, -0.2) is 24.3 Å². The molecular weight excluding hydrogens is 443 g/mol. The standard InChI is InChI=1S/C22H18Cl2N2O3S/c1-4-8-29-20-17(24)9-14(10-18(20)28-5-2)11-19-21(27)26-22(30-19)25-15-7-6-13(3)16(23)12-15/h1,6-7,9-12H,5,8H2,2-3H3,(H,25,26,27)/b19-11-. The number of aliphatic imine (C=N–C) groups is 1. The van der Waals surface area contributed by atoms with Crippen LogP contribution in [0.1, 0.15) is 18.1 Å². The lowest BCUT2D eigenvalue weighted by atomic mass is 10.2. The lowest BCUT2D eigenvalue weighted by molar-refractivity contribution is -0.115. The molecule has 1 amide bonds. The second-order valence-corrected chi connectivity index (χ2v) is 8.02. The summed E-state index contributed by atoms with van der Waals surface area (Å²) in [6.45, 7) is 4.26. The lowest BCUT2D eigenvalue weighted by Gasteiger charge is -2.13. The molecule has 0 unspecified atom stereocenters. The van der Waals surface area contributed by atoms with Gasteiger partial charge in [0.05, 0.1) is 22.2 Å². The molecule has 1 N–H and O–H groups in total. The van der Waals surface area contributed by atoms with Gasteiger partial charge in [0.2, 0.25) is 0 Å². The first-order valence-corrected chi connectivity index (χ1v) is 10.6. The molecule has 5 nitrogen and oxygen atoms in total. The molecule has 2 aromatic carbocycles. The number of hydrogen-bond acceptors (Lipinski definition) is 5. The average molecular weight is 461 g/mol. The molecule has 1 fully saturated rings. The van der Waals surface area contributed by atoms with Crippen molar-refractivity contribution in [1.29, 1.82) is 0 Å².